The van der Waals surface area contributed by atoms with Crippen LogP contribution in [-0.2, 0) is 0 Å². The summed E-state index contributed by atoms with van der Waals surface area (Å²) in [5, 5.41) is 3.05. The molecule has 0 aliphatic carbocycles. The number of amides is 1. The van der Waals surface area contributed by atoms with E-state index in [4.69, 9.17) is 15.7 Å². The molecule has 3 N–H and O–H groups in total. The van der Waals surface area contributed by atoms with Gasteiger partial charge in [-0.3, -0.25) is 9.36 Å². The highest BCUT2D eigenvalue weighted by Gasteiger charge is 2.24. The van der Waals surface area contributed by atoms with Crippen molar-refractivity contribution in [3.05, 3.63) is 59.7 Å². The fraction of sp³-hybridized carbons (Fsp3) is 0.370. The van der Waals surface area contributed by atoms with Crippen molar-refractivity contribution < 1.29 is 4.79 Å². The van der Waals surface area contributed by atoms with Crippen molar-refractivity contribution >= 4 is 33.9 Å². The van der Waals surface area contributed by atoms with Crippen molar-refractivity contribution in [3.63, 3.8) is 0 Å². The molecule has 2 aromatic heterocycles. The number of nitrogens with one attached hydrogen (secondary N) is 1. The summed E-state index contributed by atoms with van der Waals surface area (Å²) in [7, 11) is 0. The van der Waals surface area contributed by atoms with E-state index in [0.717, 1.165) is 29.6 Å². The van der Waals surface area contributed by atoms with Gasteiger partial charge in [-0.25, -0.2) is 9.97 Å². The van der Waals surface area contributed by atoms with E-state index < -0.39 is 0 Å². The van der Waals surface area contributed by atoms with Crippen LogP contribution >= 0.6 is 0 Å². The SMILES string of the molecule is CCCCCCCNC(=O)c1c(N)n(-c2ccc(C(C)C)cc2)c2nc3ccccc3nc12. The number of hydrogen-bond acceptors (Lipinski definition) is 4. The number of hydrogen-bond donors (Lipinski definition) is 2. The number of carbonyl (C=O) groups excluding carboxylic acids is 1. The van der Waals surface area contributed by atoms with Gasteiger partial charge in [0, 0.05) is 12.2 Å². The molecule has 6 nitrogen and oxygen atoms in total. The number of nitrogens with zero attached hydrogens (tertiary/aromatic N) is 3. The van der Waals surface area contributed by atoms with E-state index in [-0.39, 0.29) is 5.91 Å². The van der Waals surface area contributed by atoms with Gasteiger partial charge in [0.05, 0.1) is 11.0 Å². The summed E-state index contributed by atoms with van der Waals surface area (Å²) in [5.74, 6) is 0.594. The summed E-state index contributed by atoms with van der Waals surface area (Å²) in [4.78, 5) is 22.9. The summed E-state index contributed by atoms with van der Waals surface area (Å²) < 4.78 is 1.84. The molecule has 0 bridgehead atoms. The predicted molar refractivity (Wildman–Crippen MR) is 136 cm³/mol. The van der Waals surface area contributed by atoms with Crippen LogP contribution in [0.4, 0.5) is 5.82 Å². The molecule has 0 unspecified atom stereocenters. The molecular weight excluding hydrogens is 410 g/mol. The number of rotatable bonds is 9. The van der Waals surface area contributed by atoms with Gasteiger partial charge in [-0.15, -0.1) is 0 Å². The van der Waals surface area contributed by atoms with Crippen LogP contribution in [0.5, 0.6) is 0 Å². The average Bonchev–Trinajstić information content (AvgIpc) is 3.10. The molecule has 0 aliphatic heterocycles. The summed E-state index contributed by atoms with van der Waals surface area (Å²) in [6.07, 6.45) is 5.69. The fourth-order valence-corrected chi connectivity index (χ4v) is 4.17. The first-order valence-electron chi connectivity index (χ1n) is 12.0. The van der Waals surface area contributed by atoms with Crippen molar-refractivity contribution in [2.24, 2.45) is 0 Å². The molecule has 2 aromatic carbocycles. The minimum absolute atomic E-state index is 0.199. The molecule has 172 valence electrons. The quantitative estimate of drug-likeness (QED) is 0.312. The molecule has 33 heavy (non-hydrogen) atoms. The fourth-order valence-electron chi connectivity index (χ4n) is 4.17. The summed E-state index contributed by atoms with van der Waals surface area (Å²) >= 11 is 0. The minimum Gasteiger partial charge on any atom is -0.384 e. The lowest BCUT2D eigenvalue weighted by Crippen LogP contribution is -2.25. The number of para-hydroxylation sites is 2. The van der Waals surface area contributed by atoms with E-state index in [1.807, 2.05) is 41.0 Å². The van der Waals surface area contributed by atoms with Crippen molar-refractivity contribution in [2.75, 3.05) is 12.3 Å². The number of carbonyl (C=O) groups is 1. The second-order valence-corrected chi connectivity index (χ2v) is 8.90. The van der Waals surface area contributed by atoms with E-state index in [1.54, 1.807) is 0 Å². The lowest BCUT2D eigenvalue weighted by molar-refractivity contribution is 0.0955. The maximum Gasteiger partial charge on any atom is 0.257 e. The maximum absolute atomic E-state index is 13.2. The van der Waals surface area contributed by atoms with Crippen molar-refractivity contribution in [1.29, 1.82) is 0 Å². The van der Waals surface area contributed by atoms with Crippen molar-refractivity contribution in [2.45, 2.75) is 58.8 Å². The lowest BCUT2D eigenvalue weighted by Gasteiger charge is -2.11. The average molecular weight is 444 g/mol. The largest absolute Gasteiger partial charge is 0.384 e. The third kappa shape index (κ3) is 4.70. The smallest absolute Gasteiger partial charge is 0.257 e. The van der Waals surface area contributed by atoms with Crippen LogP contribution < -0.4 is 11.1 Å². The zero-order chi connectivity index (χ0) is 23.4. The molecule has 0 saturated carbocycles. The predicted octanol–water partition coefficient (Wildman–Crippen LogP) is 5.98. The normalized spacial score (nSPS) is 11.5. The Morgan fingerprint density at radius 1 is 0.970 bits per heavy atom. The van der Waals surface area contributed by atoms with Gasteiger partial charge in [0.15, 0.2) is 5.65 Å². The van der Waals surface area contributed by atoms with Crippen LogP contribution in [0.25, 0.3) is 27.9 Å². The van der Waals surface area contributed by atoms with Crippen LogP contribution in [0.1, 0.15) is 74.7 Å². The molecule has 0 aliphatic rings. The number of fused-ring (bicyclic) bond motifs is 2. The van der Waals surface area contributed by atoms with Gasteiger partial charge in [-0.1, -0.05) is 70.7 Å². The van der Waals surface area contributed by atoms with Crippen LogP contribution in [0.3, 0.4) is 0 Å². The third-order valence-corrected chi connectivity index (χ3v) is 6.11. The number of aromatic nitrogens is 3. The Hall–Kier alpha value is -3.41. The van der Waals surface area contributed by atoms with E-state index >= 15 is 0 Å². The Morgan fingerprint density at radius 3 is 2.30 bits per heavy atom. The first-order valence-corrected chi connectivity index (χ1v) is 12.0. The first kappa shape index (κ1) is 22.8. The van der Waals surface area contributed by atoms with Crippen molar-refractivity contribution in [1.82, 2.24) is 19.9 Å². The molecule has 2 heterocycles. The van der Waals surface area contributed by atoms with E-state index in [9.17, 15) is 4.79 Å². The van der Waals surface area contributed by atoms with Gasteiger partial charge in [0.1, 0.15) is 16.9 Å². The standard InChI is InChI=1S/C27H33N5O/c1-4-5-6-7-10-17-29-27(33)23-24-26(31-22-12-9-8-11-21(22)30-24)32(25(23)28)20-15-13-19(14-16-20)18(2)3/h8-9,11-16,18H,4-7,10,17,28H2,1-3H3,(H,29,33). The molecular formula is C27H33N5O. The molecule has 0 atom stereocenters. The zero-order valence-electron chi connectivity index (χ0n) is 19.8. The first-order chi connectivity index (χ1) is 16.0. The Bertz CT molecular complexity index is 1260. The lowest BCUT2D eigenvalue weighted by atomic mass is 10.0. The summed E-state index contributed by atoms with van der Waals surface area (Å²) in [6, 6.07) is 15.9. The topological polar surface area (TPSA) is 85.8 Å². The van der Waals surface area contributed by atoms with E-state index in [0.29, 0.717) is 35.0 Å². The van der Waals surface area contributed by atoms with Gasteiger partial charge in [-0.2, -0.15) is 0 Å². The second kappa shape index (κ2) is 10.0. The number of nitrogen functional groups attached to an aromatic ring is 1. The van der Waals surface area contributed by atoms with E-state index in [2.05, 4.69) is 38.2 Å². The Labute approximate surface area is 195 Å². The monoisotopic (exact) mass is 443 g/mol. The van der Waals surface area contributed by atoms with Gasteiger partial charge < -0.3 is 11.1 Å². The highest BCUT2D eigenvalue weighted by atomic mass is 16.1. The molecule has 0 saturated heterocycles. The molecule has 0 radical (unpaired) electrons. The number of nitrogens with two attached hydrogens (primary N) is 1. The third-order valence-electron chi connectivity index (χ3n) is 6.11. The highest BCUT2D eigenvalue weighted by Crippen LogP contribution is 2.31. The highest BCUT2D eigenvalue weighted by molar-refractivity contribution is 6.11. The Balaban J connectivity index is 1.75. The van der Waals surface area contributed by atoms with Gasteiger partial charge in [0.25, 0.3) is 5.91 Å². The van der Waals surface area contributed by atoms with Crippen LogP contribution in [0.15, 0.2) is 48.5 Å². The summed E-state index contributed by atoms with van der Waals surface area (Å²) in [6.45, 7) is 7.15. The van der Waals surface area contributed by atoms with Gasteiger partial charge in [-0.05, 0) is 42.2 Å². The zero-order valence-corrected chi connectivity index (χ0v) is 19.8. The van der Waals surface area contributed by atoms with Crippen LogP contribution in [0, 0.1) is 0 Å². The number of benzene rings is 2. The summed E-state index contributed by atoms with van der Waals surface area (Å²) in [5.41, 5.74) is 11.7. The molecule has 1 amide bonds. The second-order valence-electron chi connectivity index (χ2n) is 8.90. The van der Waals surface area contributed by atoms with Gasteiger partial charge in [0.2, 0.25) is 0 Å². The Kier molecular flexibility index (Phi) is 6.92. The van der Waals surface area contributed by atoms with Gasteiger partial charge >= 0.3 is 0 Å². The molecule has 4 aromatic rings. The number of unbranched alkanes of at least 4 members (excludes halogenated alkanes) is 4. The molecule has 6 heteroatoms. The van der Waals surface area contributed by atoms with Crippen LogP contribution in [0.2, 0.25) is 0 Å². The Morgan fingerprint density at radius 2 is 1.64 bits per heavy atom. The van der Waals surface area contributed by atoms with E-state index in [1.165, 1.54) is 24.8 Å². The van der Waals surface area contributed by atoms with Crippen molar-refractivity contribution in [3.8, 4) is 5.69 Å². The van der Waals surface area contributed by atoms with Crippen LogP contribution in [-0.4, -0.2) is 27.0 Å². The maximum atomic E-state index is 13.2. The minimum atomic E-state index is -0.199. The molecule has 0 fully saturated rings. The number of anilines is 1. The molecule has 4 rings (SSSR count). The molecule has 0 spiro atoms.